The molecule has 10 heteroatoms. The second-order valence-electron chi connectivity index (χ2n) is 9.80. The van der Waals surface area contributed by atoms with E-state index in [9.17, 15) is 18.0 Å². The molecule has 4 heterocycles. The van der Waals surface area contributed by atoms with Crippen LogP contribution in [-0.2, 0) is 26.2 Å². The third-order valence-corrected chi connectivity index (χ3v) is 9.70. The molecule has 4 rings (SSSR count). The van der Waals surface area contributed by atoms with Gasteiger partial charge in [0.2, 0.25) is 21.8 Å². The van der Waals surface area contributed by atoms with Crippen molar-refractivity contribution >= 4 is 21.8 Å². The number of likely N-dealkylation sites (tertiary alicyclic amines) is 2. The molecule has 0 saturated carbocycles. The van der Waals surface area contributed by atoms with Gasteiger partial charge in [0.05, 0.1) is 11.4 Å². The topological polar surface area (TPSA) is 95.8 Å². The largest absolute Gasteiger partial charge is 0.341 e. The van der Waals surface area contributed by atoms with Crippen molar-refractivity contribution in [1.82, 2.24) is 23.9 Å². The lowest BCUT2D eigenvalue weighted by molar-refractivity contribution is -0.140. The molecule has 0 radical (unpaired) electrons. The predicted molar refractivity (Wildman–Crippen MR) is 124 cm³/mol. The normalized spacial score (nSPS) is 23.3. The molecule has 0 aromatic carbocycles. The van der Waals surface area contributed by atoms with E-state index >= 15 is 0 Å². The van der Waals surface area contributed by atoms with Crippen LogP contribution >= 0.6 is 0 Å². The van der Waals surface area contributed by atoms with E-state index in [1.807, 2.05) is 9.80 Å². The van der Waals surface area contributed by atoms with Crippen molar-refractivity contribution in [3.8, 4) is 0 Å². The molecule has 1 atom stereocenters. The summed E-state index contributed by atoms with van der Waals surface area (Å²) < 4.78 is 30.0. The van der Waals surface area contributed by atoms with Crippen LogP contribution in [0.25, 0.3) is 0 Å². The molecule has 3 aliphatic rings. The Balaban J connectivity index is 1.43. The number of aromatic nitrogens is 2. The number of aryl methyl sites for hydroxylation is 1. The van der Waals surface area contributed by atoms with Gasteiger partial charge in [-0.05, 0) is 65.7 Å². The molecule has 3 saturated heterocycles. The number of nitrogens with zero attached hydrogens (tertiary/aromatic N) is 5. The third-order valence-electron chi connectivity index (χ3n) is 7.55. The van der Waals surface area contributed by atoms with E-state index in [2.05, 4.69) is 12.0 Å². The molecule has 3 aliphatic heterocycles. The minimum absolute atomic E-state index is 0.0201. The maximum absolute atomic E-state index is 13.5. The molecular weight excluding hydrogens is 442 g/mol. The van der Waals surface area contributed by atoms with Crippen LogP contribution in [0.4, 0.5) is 0 Å². The second-order valence-corrected chi connectivity index (χ2v) is 11.7. The number of amides is 2. The summed E-state index contributed by atoms with van der Waals surface area (Å²) >= 11 is 0. The number of rotatable bonds is 5. The monoisotopic (exact) mass is 479 g/mol. The molecule has 9 nitrogen and oxygen atoms in total. The molecular formula is C23H37N5O4S. The van der Waals surface area contributed by atoms with Gasteiger partial charge in [0.15, 0.2) is 0 Å². The summed E-state index contributed by atoms with van der Waals surface area (Å²) in [5, 5.41) is 4.40. The lowest BCUT2D eigenvalue weighted by Gasteiger charge is -2.38. The quantitative estimate of drug-likeness (QED) is 0.643. The number of carbonyl (C=O) groups is 2. The highest BCUT2D eigenvalue weighted by Crippen LogP contribution is 2.30. The molecule has 33 heavy (non-hydrogen) atoms. The van der Waals surface area contributed by atoms with Crippen molar-refractivity contribution < 1.29 is 18.0 Å². The molecule has 2 amide bonds. The van der Waals surface area contributed by atoms with Crippen LogP contribution in [-0.4, -0.2) is 82.9 Å². The molecule has 0 bridgehead atoms. The first-order valence-corrected chi connectivity index (χ1v) is 13.8. The molecule has 0 spiro atoms. The summed E-state index contributed by atoms with van der Waals surface area (Å²) in [6.07, 6.45) is 6.36. The van der Waals surface area contributed by atoms with Gasteiger partial charge in [-0.1, -0.05) is 0 Å². The van der Waals surface area contributed by atoms with Crippen LogP contribution in [0.2, 0.25) is 0 Å². The number of piperidine rings is 2. The zero-order chi connectivity index (χ0) is 23.8. The summed E-state index contributed by atoms with van der Waals surface area (Å²) in [5.74, 6) is 0.0492. The SMILES string of the molecule is Cc1nn(CC(=O)N2CCCC2)c(C)c1S(=O)(=O)N1CCC(C(=O)N2CCCC[C@@H]2C)CC1. The first kappa shape index (κ1) is 24.2. The van der Waals surface area contributed by atoms with Crippen LogP contribution in [0.3, 0.4) is 0 Å². The summed E-state index contributed by atoms with van der Waals surface area (Å²) in [5.41, 5.74) is 0.919. The van der Waals surface area contributed by atoms with Gasteiger partial charge in [0.1, 0.15) is 11.4 Å². The van der Waals surface area contributed by atoms with Crippen molar-refractivity contribution in [3.05, 3.63) is 11.4 Å². The lowest BCUT2D eigenvalue weighted by Crippen LogP contribution is -2.48. The van der Waals surface area contributed by atoms with E-state index in [1.165, 1.54) is 8.99 Å². The Kier molecular flexibility index (Phi) is 7.14. The van der Waals surface area contributed by atoms with E-state index in [1.54, 1.807) is 13.8 Å². The third kappa shape index (κ3) is 4.82. The maximum Gasteiger partial charge on any atom is 0.246 e. The zero-order valence-electron chi connectivity index (χ0n) is 20.1. The highest BCUT2D eigenvalue weighted by molar-refractivity contribution is 7.89. The highest BCUT2D eigenvalue weighted by Gasteiger charge is 2.37. The van der Waals surface area contributed by atoms with Crippen LogP contribution in [0.1, 0.15) is 63.3 Å². The first-order chi connectivity index (χ1) is 15.7. The maximum atomic E-state index is 13.5. The molecule has 1 aromatic rings. The van der Waals surface area contributed by atoms with Crippen molar-refractivity contribution in [2.24, 2.45) is 5.92 Å². The standard InChI is InChI=1S/C23H37N5O4S/c1-17-8-4-5-13-27(17)23(30)20-9-14-26(15-10-20)33(31,32)22-18(2)24-28(19(22)3)16-21(29)25-11-6-7-12-25/h17,20H,4-16H2,1-3H3/t17-/m0/s1. The Morgan fingerprint density at radius 1 is 0.939 bits per heavy atom. The fourth-order valence-electron chi connectivity index (χ4n) is 5.53. The number of sulfonamides is 1. The average molecular weight is 480 g/mol. The van der Waals surface area contributed by atoms with E-state index < -0.39 is 10.0 Å². The Hall–Kier alpha value is -1.94. The van der Waals surface area contributed by atoms with E-state index in [-0.39, 0.29) is 35.2 Å². The molecule has 184 valence electrons. The Morgan fingerprint density at radius 3 is 2.21 bits per heavy atom. The summed E-state index contributed by atoms with van der Waals surface area (Å²) in [4.78, 5) is 29.6. The molecule has 0 N–H and O–H groups in total. The first-order valence-electron chi connectivity index (χ1n) is 12.3. The number of hydrogen-bond acceptors (Lipinski definition) is 5. The Morgan fingerprint density at radius 2 is 1.58 bits per heavy atom. The van der Waals surface area contributed by atoms with Crippen LogP contribution < -0.4 is 0 Å². The lowest BCUT2D eigenvalue weighted by atomic mass is 9.94. The minimum Gasteiger partial charge on any atom is -0.341 e. The average Bonchev–Trinajstić information content (AvgIpc) is 3.42. The number of carbonyl (C=O) groups excluding carboxylic acids is 2. The fraction of sp³-hybridized carbons (Fsp3) is 0.783. The fourth-order valence-corrected chi connectivity index (χ4v) is 7.38. The van der Waals surface area contributed by atoms with Gasteiger partial charge in [0.25, 0.3) is 0 Å². The van der Waals surface area contributed by atoms with Crippen LogP contribution in [0, 0.1) is 19.8 Å². The van der Waals surface area contributed by atoms with Gasteiger partial charge in [-0.3, -0.25) is 14.3 Å². The van der Waals surface area contributed by atoms with Gasteiger partial charge >= 0.3 is 0 Å². The molecule has 1 aromatic heterocycles. The Labute approximate surface area is 197 Å². The van der Waals surface area contributed by atoms with Crippen LogP contribution in [0.15, 0.2) is 4.90 Å². The molecule has 0 aliphatic carbocycles. The summed E-state index contributed by atoms with van der Waals surface area (Å²) in [6.45, 7) is 8.56. The van der Waals surface area contributed by atoms with E-state index in [0.29, 0.717) is 37.3 Å². The second kappa shape index (κ2) is 9.74. The van der Waals surface area contributed by atoms with Gasteiger partial charge in [-0.25, -0.2) is 8.42 Å². The summed E-state index contributed by atoms with van der Waals surface area (Å²) in [6, 6.07) is 0.271. The van der Waals surface area contributed by atoms with Crippen molar-refractivity contribution in [2.75, 3.05) is 32.7 Å². The molecule has 3 fully saturated rings. The highest BCUT2D eigenvalue weighted by atomic mass is 32.2. The van der Waals surface area contributed by atoms with Gasteiger partial charge in [-0.15, -0.1) is 0 Å². The smallest absolute Gasteiger partial charge is 0.246 e. The van der Waals surface area contributed by atoms with Crippen LogP contribution in [0.5, 0.6) is 0 Å². The summed E-state index contributed by atoms with van der Waals surface area (Å²) in [7, 11) is -3.74. The predicted octanol–water partition coefficient (Wildman–Crippen LogP) is 1.92. The van der Waals surface area contributed by atoms with Gasteiger partial charge in [0, 0.05) is 44.7 Å². The van der Waals surface area contributed by atoms with Gasteiger partial charge < -0.3 is 9.80 Å². The molecule has 0 unspecified atom stereocenters. The van der Waals surface area contributed by atoms with E-state index in [0.717, 1.165) is 51.7 Å². The van der Waals surface area contributed by atoms with E-state index in [4.69, 9.17) is 0 Å². The minimum atomic E-state index is -3.74. The van der Waals surface area contributed by atoms with Crippen molar-refractivity contribution in [1.29, 1.82) is 0 Å². The van der Waals surface area contributed by atoms with Gasteiger partial charge in [-0.2, -0.15) is 9.40 Å². The Bertz CT molecular complexity index is 991. The number of hydrogen-bond donors (Lipinski definition) is 0. The van der Waals surface area contributed by atoms with Crippen molar-refractivity contribution in [2.45, 2.75) is 83.2 Å². The zero-order valence-corrected chi connectivity index (χ0v) is 20.9. The van der Waals surface area contributed by atoms with Crippen molar-refractivity contribution in [3.63, 3.8) is 0 Å².